The Morgan fingerprint density at radius 1 is 1.33 bits per heavy atom. The molecule has 0 heteroatoms. The molecule has 0 aromatic rings. The Bertz CT molecular complexity index is 153. The number of allylic oxidation sites excluding steroid dienone is 4. The van der Waals surface area contributed by atoms with Crippen molar-refractivity contribution >= 4 is 0 Å². The molecule has 1 aliphatic carbocycles. The minimum absolute atomic E-state index is 0.736. The lowest BCUT2D eigenvalue weighted by Gasteiger charge is -2.07. The molecule has 0 N–H and O–H groups in total. The summed E-state index contributed by atoms with van der Waals surface area (Å²) < 4.78 is 0. The second-order valence-corrected chi connectivity index (χ2v) is 3.49. The van der Waals surface area contributed by atoms with Gasteiger partial charge in [-0.15, -0.1) is 0 Å². The van der Waals surface area contributed by atoms with Crippen molar-refractivity contribution in [2.45, 2.75) is 45.4 Å². The Morgan fingerprint density at radius 2 is 2.25 bits per heavy atom. The van der Waals surface area contributed by atoms with Crippen LogP contribution in [0, 0.1) is 12.0 Å². The fourth-order valence-corrected chi connectivity index (χ4v) is 1.48. The zero-order valence-electron chi connectivity index (χ0n) is 8.05. The summed E-state index contributed by atoms with van der Waals surface area (Å²) in [6, 6.07) is 0. The minimum atomic E-state index is 0.736. The highest BCUT2D eigenvalue weighted by atomic mass is 14.0. The Kier molecular flexibility index (Phi) is 4.82. The number of hydrogen-bond acceptors (Lipinski definition) is 0. The van der Waals surface area contributed by atoms with Crippen molar-refractivity contribution in [3.05, 3.63) is 24.3 Å². The third kappa shape index (κ3) is 3.75. The fraction of sp³-hybridized carbons (Fsp3) is 0.667. The summed E-state index contributed by atoms with van der Waals surface area (Å²) >= 11 is 0. The molecule has 67 valence electrons. The van der Waals surface area contributed by atoms with E-state index < -0.39 is 0 Å². The average Bonchev–Trinajstić information content (AvgIpc) is 2.14. The monoisotopic (exact) mass is 163 g/mol. The highest BCUT2D eigenvalue weighted by Gasteiger charge is 1.99. The summed E-state index contributed by atoms with van der Waals surface area (Å²) in [6.45, 7) is 2.25. The molecule has 0 saturated heterocycles. The quantitative estimate of drug-likeness (QED) is 0.514. The van der Waals surface area contributed by atoms with Gasteiger partial charge in [0.1, 0.15) is 0 Å². The highest BCUT2D eigenvalue weighted by Crippen LogP contribution is 2.14. The molecule has 0 heterocycles. The first-order valence-corrected chi connectivity index (χ1v) is 5.15. The third-order valence-electron chi connectivity index (χ3n) is 2.43. The van der Waals surface area contributed by atoms with Crippen LogP contribution in [0.3, 0.4) is 0 Å². The molecule has 1 unspecified atom stereocenters. The van der Waals surface area contributed by atoms with Gasteiger partial charge in [-0.1, -0.05) is 25.2 Å². The Balaban J connectivity index is 2.40. The highest BCUT2D eigenvalue weighted by molar-refractivity contribution is 4.91. The van der Waals surface area contributed by atoms with Crippen LogP contribution >= 0.6 is 0 Å². The first-order valence-electron chi connectivity index (χ1n) is 5.15. The van der Waals surface area contributed by atoms with E-state index in [9.17, 15) is 0 Å². The molecule has 0 aromatic carbocycles. The lowest BCUT2D eigenvalue weighted by molar-refractivity contribution is 0.624. The standard InChI is InChI=1S/C12H19/c1-2-12-10-8-6-4-3-5-7-9-11-12/h6,8,11-12H,2-5,7,10H2,1H3. The van der Waals surface area contributed by atoms with Crippen LogP contribution in [0.1, 0.15) is 45.4 Å². The minimum Gasteiger partial charge on any atom is -0.0885 e. The summed E-state index contributed by atoms with van der Waals surface area (Å²) in [7, 11) is 0. The second-order valence-electron chi connectivity index (χ2n) is 3.49. The maximum Gasteiger partial charge on any atom is -0.0196 e. The van der Waals surface area contributed by atoms with Crippen molar-refractivity contribution in [2.75, 3.05) is 0 Å². The molecule has 0 aromatic heterocycles. The van der Waals surface area contributed by atoms with Crippen LogP contribution in [0.15, 0.2) is 18.2 Å². The largest absolute Gasteiger partial charge is 0.0885 e. The number of hydrogen-bond donors (Lipinski definition) is 0. The molecule has 0 saturated carbocycles. The van der Waals surface area contributed by atoms with Crippen LogP contribution in [0.5, 0.6) is 0 Å². The second kappa shape index (κ2) is 6.05. The first kappa shape index (κ1) is 9.57. The van der Waals surface area contributed by atoms with Crippen LogP contribution < -0.4 is 0 Å². The molecule has 1 atom stereocenters. The van der Waals surface area contributed by atoms with Gasteiger partial charge in [0.15, 0.2) is 0 Å². The van der Waals surface area contributed by atoms with Gasteiger partial charge in [-0.05, 0) is 50.5 Å². The van der Waals surface area contributed by atoms with Gasteiger partial charge in [0.05, 0.1) is 0 Å². The van der Waals surface area contributed by atoms with E-state index in [-0.39, 0.29) is 0 Å². The van der Waals surface area contributed by atoms with Gasteiger partial charge in [-0.25, -0.2) is 0 Å². The van der Waals surface area contributed by atoms with E-state index in [1.165, 1.54) is 32.1 Å². The van der Waals surface area contributed by atoms with Gasteiger partial charge in [-0.2, -0.15) is 0 Å². The Hall–Kier alpha value is -0.520. The molecule has 1 aliphatic rings. The molecule has 0 bridgehead atoms. The van der Waals surface area contributed by atoms with E-state index in [1.54, 1.807) is 0 Å². The topological polar surface area (TPSA) is 0 Å². The van der Waals surface area contributed by atoms with Gasteiger partial charge >= 0.3 is 0 Å². The van der Waals surface area contributed by atoms with Crippen LogP contribution in [-0.4, -0.2) is 0 Å². The average molecular weight is 163 g/mol. The predicted molar refractivity (Wildman–Crippen MR) is 53.8 cm³/mol. The van der Waals surface area contributed by atoms with E-state index in [0.717, 1.165) is 12.3 Å². The van der Waals surface area contributed by atoms with Gasteiger partial charge in [-0.3, -0.25) is 0 Å². The molecule has 12 heavy (non-hydrogen) atoms. The molecule has 0 fully saturated rings. The van der Waals surface area contributed by atoms with Crippen molar-refractivity contribution in [3.8, 4) is 0 Å². The molecule has 0 amide bonds. The lowest BCUT2D eigenvalue weighted by atomic mass is 9.99. The fourth-order valence-electron chi connectivity index (χ4n) is 1.48. The van der Waals surface area contributed by atoms with Crippen LogP contribution in [0.2, 0.25) is 0 Å². The summed E-state index contributed by atoms with van der Waals surface area (Å²) in [5.41, 5.74) is 0. The summed E-state index contributed by atoms with van der Waals surface area (Å²) in [5, 5.41) is 0. The zero-order chi connectivity index (χ0) is 8.65. The molecular formula is C12H19. The van der Waals surface area contributed by atoms with Crippen LogP contribution in [-0.2, 0) is 0 Å². The Morgan fingerprint density at radius 3 is 3.08 bits per heavy atom. The van der Waals surface area contributed by atoms with Crippen molar-refractivity contribution in [1.82, 2.24) is 0 Å². The van der Waals surface area contributed by atoms with Crippen LogP contribution in [0.4, 0.5) is 0 Å². The van der Waals surface area contributed by atoms with Gasteiger partial charge in [0, 0.05) is 0 Å². The summed E-state index contributed by atoms with van der Waals surface area (Å²) in [6.07, 6.45) is 17.8. The summed E-state index contributed by atoms with van der Waals surface area (Å²) in [5.74, 6) is 0.736. The van der Waals surface area contributed by atoms with Gasteiger partial charge < -0.3 is 0 Å². The summed E-state index contributed by atoms with van der Waals surface area (Å²) in [4.78, 5) is 0. The zero-order valence-corrected chi connectivity index (χ0v) is 8.05. The smallest absolute Gasteiger partial charge is 0.0196 e. The van der Waals surface area contributed by atoms with E-state index in [2.05, 4.69) is 31.2 Å². The molecule has 0 nitrogen and oxygen atoms in total. The maximum atomic E-state index is 3.40. The van der Waals surface area contributed by atoms with E-state index >= 15 is 0 Å². The molecular weight excluding hydrogens is 144 g/mol. The third-order valence-corrected chi connectivity index (χ3v) is 2.43. The van der Waals surface area contributed by atoms with Gasteiger partial charge in [0.25, 0.3) is 0 Å². The van der Waals surface area contributed by atoms with Crippen molar-refractivity contribution in [3.63, 3.8) is 0 Å². The predicted octanol–water partition coefficient (Wildman–Crippen LogP) is 3.89. The Labute approximate surface area is 76.4 Å². The molecule has 0 aliphatic heterocycles. The molecule has 1 rings (SSSR count). The van der Waals surface area contributed by atoms with E-state index in [4.69, 9.17) is 0 Å². The van der Waals surface area contributed by atoms with Gasteiger partial charge in [0.2, 0.25) is 0 Å². The van der Waals surface area contributed by atoms with Crippen LogP contribution in [0.25, 0.3) is 0 Å². The van der Waals surface area contributed by atoms with Crippen molar-refractivity contribution in [1.29, 1.82) is 0 Å². The lowest BCUT2D eigenvalue weighted by Crippen LogP contribution is -1.92. The van der Waals surface area contributed by atoms with Crippen molar-refractivity contribution < 1.29 is 0 Å². The van der Waals surface area contributed by atoms with E-state index in [1.807, 2.05) is 0 Å². The molecule has 1 radical (unpaired) electrons. The van der Waals surface area contributed by atoms with Crippen molar-refractivity contribution in [2.24, 2.45) is 5.92 Å². The van der Waals surface area contributed by atoms with E-state index in [0.29, 0.717) is 0 Å². The number of rotatable bonds is 1. The normalized spacial score (nSPS) is 25.6. The first-order chi connectivity index (χ1) is 5.93. The molecule has 0 spiro atoms. The maximum absolute atomic E-state index is 3.40. The SMILES string of the molecule is CCC1C=[C]CCCCC=CC1.